The largest absolute Gasteiger partial charge is 0.492 e. The fraction of sp³-hybridized carbons (Fsp3) is 0.611. The highest BCUT2D eigenvalue weighted by Gasteiger charge is 2.28. The van der Waals surface area contributed by atoms with Crippen LogP contribution in [0.15, 0.2) is 18.2 Å². The molecule has 148 valence electrons. The van der Waals surface area contributed by atoms with Gasteiger partial charge in [0.2, 0.25) is 5.91 Å². The lowest BCUT2D eigenvalue weighted by molar-refractivity contribution is -0.117. The molecular formula is C18H29Cl2N3O3. The van der Waals surface area contributed by atoms with Crippen molar-refractivity contribution in [3.05, 3.63) is 23.8 Å². The van der Waals surface area contributed by atoms with E-state index in [-0.39, 0.29) is 36.8 Å². The van der Waals surface area contributed by atoms with Crippen LogP contribution in [0.25, 0.3) is 0 Å². The van der Waals surface area contributed by atoms with Crippen molar-refractivity contribution in [2.75, 3.05) is 38.1 Å². The molecule has 1 aromatic carbocycles. The van der Waals surface area contributed by atoms with E-state index in [4.69, 9.17) is 4.74 Å². The summed E-state index contributed by atoms with van der Waals surface area (Å²) in [7, 11) is 0. The summed E-state index contributed by atoms with van der Waals surface area (Å²) in [4.78, 5) is 14.6. The van der Waals surface area contributed by atoms with Crippen LogP contribution in [-0.4, -0.2) is 60.8 Å². The zero-order valence-corrected chi connectivity index (χ0v) is 16.7. The Labute approximate surface area is 167 Å². The van der Waals surface area contributed by atoms with E-state index in [0.29, 0.717) is 19.6 Å². The summed E-state index contributed by atoms with van der Waals surface area (Å²) in [6, 6.07) is 5.37. The molecule has 0 aromatic heterocycles. The molecule has 26 heavy (non-hydrogen) atoms. The van der Waals surface area contributed by atoms with Crippen LogP contribution >= 0.6 is 24.8 Å². The number of rotatable bonds is 6. The average Bonchev–Trinajstić information content (AvgIpc) is 3.21. The molecule has 2 aliphatic rings. The van der Waals surface area contributed by atoms with Crippen LogP contribution in [0.3, 0.4) is 0 Å². The van der Waals surface area contributed by atoms with Crippen LogP contribution in [0, 0.1) is 6.92 Å². The van der Waals surface area contributed by atoms with Crippen molar-refractivity contribution in [1.29, 1.82) is 0 Å². The molecule has 3 N–H and O–H groups in total. The topological polar surface area (TPSA) is 73.8 Å². The summed E-state index contributed by atoms with van der Waals surface area (Å²) in [5, 5.41) is 15.4. The van der Waals surface area contributed by atoms with Gasteiger partial charge in [-0.3, -0.25) is 9.69 Å². The molecule has 0 saturated carbocycles. The van der Waals surface area contributed by atoms with Crippen molar-refractivity contribution in [2.24, 2.45) is 0 Å². The first-order chi connectivity index (χ1) is 11.6. The lowest BCUT2D eigenvalue weighted by Gasteiger charge is -2.16. The number of aliphatic hydroxyl groups is 1. The van der Waals surface area contributed by atoms with Gasteiger partial charge in [0.05, 0.1) is 12.1 Å². The van der Waals surface area contributed by atoms with Gasteiger partial charge in [-0.15, -0.1) is 24.8 Å². The predicted molar refractivity (Wildman–Crippen MR) is 108 cm³/mol. The zero-order chi connectivity index (χ0) is 16.9. The third kappa shape index (κ3) is 6.28. The minimum absolute atomic E-state index is 0. The van der Waals surface area contributed by atoms with Gasteiger partial charge in [-0.1, -0.05) is 0 Å². The van der Waals surface area contributed by atoms with Gasteiger partial charge in [0.25, 0.3) is 0 Å². The second kappa shape index (κ2) is 10.9. The first-order valence-corrected chi connectivity index (χ1v) is 8.80. The van der Waals surface area contributed by atoms with Crippen LogP contribution in [0.5, 0.6) is 5.75 Å². The predicted octanol–water partition coefficient (Wildman–Crippen LogP) is 1.97. The third-order valence-corrected chi connectivity index (χ3v) is 4.73. The van der Waals surface area contributed by atoms with Gasteiger partial charge >= 0.3 is 0 Å². The van der Waals surface area contributed by atoms with E-state index in [1.165, 1.54) is 25.9 Å². The third-order valence-electron chi connectivity index (χ3n) is 4.73. The van der Waals surface area contributed by atoms with Gasteiger partial charge < -0.3 is 20.5 Å². The molecule has 2 unspecified atom stereocenters. The van der Waals surface area contributed by atoms with Gasteiger partial charge in [-0.25, -0.2) is 0 Å². The highest BCUT2D eigenvalue weighted by molar-refractivity contribution is 5.95. The minimum atomic E-state index is -0.436. The monoisotopic (exact) mass is 405 g/mol. The van der Waals surface area contributed by atoms with Crippen molar-refractivity contribution < 1.29 is 14.6 Å². The van der Waals surface area contributed by atoms with Crippen LogP contribution in [0.2, 0.25) is 0 Å². The van der Waals surface area contributed by atoms with Crippen LogP contribution in [0.1, 0.15) is 24.8 Å². The lowest BCUT2D eigenvalue weighted by Crippen LogP contribution is -2.35. The molecule has 2 atom stereocenters. The van der Waals surface area contributed by atoms with Crippen molar-refractivity contribution in [3.8, 4) is 5.75 Å². The number of aliphatic hydroxyl groups excluding tert-OH is 1. The lowest BCUT2D eigenvalue weighted by atomic mass is 10.1. The number of amides is 1. The first kappa shape index (κ1) is 23.0. The normalized spacial score (nSPS) is 22.4. The van der Waals surface area contributed by atoms with E-state index in [1.54, 1.807) is 0 Å². The molecule has 1 amide bonds. The van der Waals surface area contributed by atoms with Crippen LogP contribution in [0.4, 0.5) is 5.69 Å². The van der Waals surface area contributed by atoms with E-state index in [1.807, 2.05) is 25.1 Å². The summed E-state index contributed by atoms with van der Waals surface area (Å²) in [6.45, 7) is 6.47. The van der Waals surface area contributed by atoms with Crippen molar-refractivity contribution in [2.45, 2.75) is 38.3 Å². The standard InChI is InChI=1S/C18H27N3O3.2ClH/c1-13-10-14(20-18(23)16-11-15(22)12-19-16)4-5-17(13)24-9-8-21-6-2-3-7-21;;/h4-5,10,15-16,19,22H,2-3,6-9,11-12H2,1H3,(H,20,23);2*1H. The number of β-amino-alcohol motifs (C(OH)–C–C–N with tert-alkyl or cyclic N) is 1. The molecule has 2 heterocycles. The maximum absolute atomic E-state index is 12.2. The maximum Gasteiger partial charge on any atom is 0.241 e. The molecule has 0 aliphatic carbocycles. The van der Waals surface area contributed by atoms with Crippen LogP contribution in [-0.2, 0) is 4.79 Å². The Morgan fingerprint density at radius 2 is 2.08 bits per heavy atom. The number of ether oxygens (including phenoxy) is 1. The molecule has 0 spiro atoms. The Bertz CT molecular complexity index is 583. The SMILES string of the molecule is Cc1cc(NC(=O)C2CC(O)CN2)ccc1OCCN1CCCC1.Cl.Cl. The van der Waals surface area contributed by atoms with Gasteiger partial charge in [0.1, 0.15) is 12.4 Å². The molecular weight excluding hydrogens is 377 g/mol. The Balaban J connectivity index is 0.00000169. The Morgan fingerprint density at radius 1 is 1.35 bits per heavy atom. The summed E-state index contributed by atoms with van der Waals surface area (Å²) in [6.07, 6.45) is 2.61. The molecule has 2 aliphatic heterocycles. The number of hydrogen-bond donors (Lipinski definition) is 3. The van der Waals surface area contributed by atoms with Crippen molar-refractivity contribution in [3.63, 3.8) is 0 Å². The van der Waals surface area contributed by atoms with E-state index in [9.17, 15) is 9.90 Å². The molecule has 8 heteroatoms. The Morgan fingerprint density at radius 3 is 2.69 bits per heavy atom. The summed E-state index contributed by atoms with van der Waals surface area (Å²) < 4.78 is 5.87. The smallest absolute Gasteiger partial charge is 0.241 e. The quantitative estimate of drug-likeness (QED) is 0.674. The molecule has 2 fully saturated rings. The Kier molecular flexibility index (Phi) is 9.68. The minimum Gasteiger partial charge on any atom is -0.492 e. The molecule has 6 nitrogen and oxygen atoms in total. The number of carbonyl (C=O) groups excluding carboxylic acids is 1. The second-order valence-electron chi connectivity index (χ2n) is 6.72. The van der Waals surface area contributed by atoms with E-state index < -0.39 is 6.10 Å². The molecule has 0 bridgehead atoms. The number of aryl methyl sites for hydroxylation is 1. The fourth-order valence-corrected chi connectivity index (χ4v) is 3.33. The molecule has 1 aromatic rings. The summed E-state index contributed by atoms with van der Waals surface area (Å²) in [5.74, 6) is 0.760. The average molecular weight is 406 g/mol. The van der Waals surface area contributed by atoms with E-state index in [2.05, 4.69) is 15.5 Å². The van der Waals surface area contributed by atoms with E-state index in [0.717, 1.165) is 23.5 Å². The number of hydrogen-bond acceptors (Lipinski definition) is 5. The van der Waals surface area contributed by atoms with E-state index >= 15 is 0 Å². The van der Waals surface area contributed by atoms with Gasteiger partial charge in [0, 0.05) is 18.8 Å². The maximum atomic E-state index is 12.2. The van der Waals surface area contributed by atoms with Gasteiger partial charge in [-0.05, 0) is 63.0 Å². The number of nitrogens with one attached hydrogen (secondary N) is 2. The number of carbonyl (C=O) groups is 1. The number of benzene rings is 1. The number of halogens is 2. The molecule has 2 saturated heterocycles. The van der Waals surface area contributed by atoms with Gasteiger partial charge in [-0.2, -0.15) is 0 Å². The molecule has 0 radical (unpaired) electrons. The highest BCUT2D eigenvalue weighted by atomic mass is 35.5. The van der Waals surface area contributed by atoms with Crippen LogP contribution < -0.4 is 15.4 Å². The fourth-order valence-electron chi connectivity index (χ4n) is 3.33. The summed E-state index contributed by atoms with van der Waals surface area (Å²) in [5.41, 5.74) is 1.77. The number of anilines is 1. The first-order valence-electron chi connectivity index (χ1n) is 8.80. The second-order valence-corrected chi connectivity index (χ2v) is 6.72. The zero-order valence-electron chi connectivity index (χ0n) is 15.1. The van der Waals surface area contributed by atoms with Gasteiger partial charge in [0.15, 0.2) is 0 Å². The van der Waals surface area contributed by atoms with Crippen molar-refractivity contribution >= 4 is 36.4 Å². The van der Waals surface area contributed by atoms with Crippen molar-refractivity contribution in [1.82, 2.24) is 10.2 Å². The number of nitrogens with zero attached hydrogens (tertiary/aromatic N) is 1. The Hall–Kier alpha value is -1.05. The summed E-state index contributed by atoms with van der Waals surface area (Å²) >= 11 is 0. The highest BCUT2D eigenvalue weighted by Crippen LogP contribution is 2.22. The molecule has 3 rings (SSSR count). The number of likely N-dealkylation sites (tertiary alicyclic amines) is 1.